The van der Waals surface area contributed by atoms with Gasteiger partial charge in [-0.2, -0.15) is 0 Å². The summed E-state index contributed by atoms with van der Waals surface area (Å²) in [4.78, 5) is 0. The van der Waals surface area contributed by atoms with E-state index >= 15 is 0 Å². The Bertz CT molecular complexity index is 296. The average molecular weight is 290 g/mol. The van der Waals surface area contributed by atoms with Crippen molar-refractivity contribution in [3.8, 4) is 0 Å². The topological polar surface area (TPSA) is 47.9 Å². The fraction of sp³-hybridized carbons (Fsp3) is 1.00. The van der Waals surface area contributed by atoms with Gasteiger partial charge in [-0.15, -0.1) is 0 Å². The molecule has 1 aliphatic rings. The molecule has 2 atom stereocenters. The molecule has 0 unspecified atom stereocenters. The minimum atomic E-state index is -1.72. The van der Waals surface area contributed by atoms with Gasteiger partial charge in [-0.05, 0) is 38.4 Å². The van der Waals surface area contributed by atoms with Gasteiger partial charge in [0.15, 0.2) is 14.1 Å². The molecule has 1 rings (SSSR count). The van der Waals surface area contributed by atoms with Gasteiger partial charge in [0.05, 0.1) is 12.7 Å². The van der Waals surface area contributed by atoms with Crippen molar-refractivity contribution in [3.63, 3.8) is 0 Å². The molecule has 0 saturated carbocycles. The summed E-state index contributed by atoms with van der Waals surface area (Å²) in [7, 11) is -1.72. The molecule has 0 aromatic heterocycles. The first kappa shape index (κ1) is 17.1. The SMILES string of the molecule is CC1(C)OC[C@@H](O)[C@@H](CCO[Si](C)(C)C(C)(C)C)O1. The third-order valence-electron chi connectivity index (χ3n) is 4.14. The number of hydrogen-bond donors (Lipinski definition) is 1. The highest BCUT2D eigenvalue weighted by molar-refractivity contribution is 6.74. The van der Waals surface area contributed by atoms with Crippen LogP contribution >= 0.6 is 0 Å². The van der Waals surface area contributed by atoms with E-state index in [1.54, 1.807) is 0 Å². The number of aliphatic hydroxyl groups is 1. The van der Waals surface area contributed by atoms with Crippen LogP contribution < -0.4 is 0 Å². The molecule has 0 aromatic carbocycles. The van der Waals surface area contributed by atoms with Gasteiger partial charge >= 0.3 is 0 Å². The van der Waals surface area contributed by atoms with Gasteiger partial charge in [0.2, 0.25) is 0 Å². The number of aliphatic hydroxyl groups excluding tert-OH is 1. The Morgan fingerprint density at radius 1 is 1.32 bits per heavy atom. The standard InChI is InChI=1S/C14H30O4Si/c1-13(2,3)19(6,7)17-9-8-12-11(15)10-16-14(4,5)18-12/h11-12,15H,8-10H2,1-7H3/t11-,12-/m1/s1. The van der Waals surface area contributed by atoms with Crippen LogP contribution in [0.5, 0.6) is 0 Å². The van der Waals surface area contributed by atoms with E-state index in [-0.39, 0.29) is 11.1 Å². The highest BCUT2D eigenvalue weighted by Gasteiger charge is 2.39. The molecule has 5 heteroatoms. The van der Waals surface area contributed by atoms with E-state index < -0.39 is 20.2 Å². The maximum absolute atomic E-state index is 9.90. The molecule has 1 fully saturated rings. The molecule has 1 heterocycles. The second-order valence-electron chi connectivity index (χ2n) is 7.33. The molecule has 0 radical (unpaired) electrons. The summed E-state index contributed by atoms with van der Waals surface area (Å²) in [5.74, 6) is -0.610. The molecule has 0 aliphatic carbocycles. The van der Waals surface area contributed by atoms with Crippen LogP contribution in [0.15, 0.2) is 0 Å². The van der Waals surface area contributed by atoms with Gasteiger partial charge < -0.3 is 19.0 Å². The molecule has 114 valence electrons. The lowest BCUT2D eigenvalue weighted by Gasteiger charge is -2.40. The summed E-state index contributed by atoms with van der Waals surface area (Å²) < 4.78 is 17.3. The predicted octanol–water partition coefficient (Wildman–Crippen LogP) is 2.91. The zero-order valence-corrected chi connectivity index (χ0v) is 14.4. The summed E-state index contributed by atoms with van der Waals surface area (Å²) in [6, 6.07) is 0. The van der Waals surface area contributed by atoms with Gasteiger partial charge in [0.1, 0.15) is 6.10 Å². The second kappa shape index (κ2) is 5.82. The molecular formula is C14H30O4Si. The van der Waals surface area contributed by atoms with Crippen molar-refractivity contribution in [2.75, 3.05) is 13.2 Å². The first-order valence-corrected chi connectivity index (χ1v) is 9.99. The summed E-state index contributed by atoms with van der Waals surface area (Å²) in [5.41, 5.74) is 0. The molecule has 0 spiro atoms. The monoisotopic (exact) mass is 290 g/mol. The Kier molecular flexibility index (Phi) is 5.24. The van der Waals surface area contributed by atoms with Crippen LogP contribution in [0.1, 0.15) is 41.0 Å². The van der Waals surface area contributed by atoms with Crippen LogP contribution in [0, 0.1) is 0 Å². The summed E-state index contributed by atoms with van der Waals surface area (Å²) in [6.45, 7) is 15.9. The summed E-state index contributed by atoms with van der Waals surface area (Å²) in [6.07, 6.45) is -0.0509. The maximum atomic E-state index is 9.90. The number of ether oxygens (including phenoxy) is 2. The molecule has 0 amide bonds. The normalized spacial score (nSPS) is 28.4. The van der Waals surface area contributed by atoms with Crippen LogP contribution in [-0.2, 0) is 13.9 Å². The minimum absolute atomic E-state index is 0.200. The second-order valence-corrected chi connectivity index (χ2v) is 12.1. The quantitative estimate of drug-likeness (QED) is 0.809. The Labute approximate surface area is 118 Å². The fourth-order valence-electron chi connectivity index (χ4n) is 1.77. The first-order chi connectivity index (χ1) is 8.45. The van der Waals surface area contributed by atoms with Crippen molar-refractivity contribution < 1.29 is 19.0 Å². The lowest BCUT2D eigenvalue weighted by molar-refractivity contribution is -0.305. The third-order valence-corrected chi connectivity index (χ3v) is 8.68. The highest BCUT2D eigenvalue weighted by atomic mass is 28.4. The zero-order valence-electron chi connectivity index (χ0n) is 13.4. The van der Waals surface area contributed by atoms with Gasteiger partial charge in [-0.1, -0.05) is 20.8 Å². The van der Waals surface area contributed by atoms with Gasteiger partial charge in [0.25, 0.3) is 0 Å². The van der Waals surface area contributed by atoms with Crippen LogP contribution in [0.25, 0.3) is 0 Å². The lowest BCUT2D eigenvalue weighted by Crippen LogP contribution is -2.49. The van der Waals surface area contributed by atoms with E-state index in [0.29, 0.717) is 19.6 Å². The minimum Gasteiger partial charge on any atom is -0.417 e. The predicted molar refractivity (Wildman–Crippen MR) is 78.7 cm³/mol. The molecule has 4 nitrogen and oxygen atoms in total. The molecule has 1 aliphatic heterocycles. The van der Waals surface area contributed by atoms with E-state index in [0.717, 1.165) is 0 Å². The molecule has 0 bridgehead atoms. The molecule has 1 saturated heterocycles. The van der Waals surface area contributed by atoms with Crippen LogP contribution in [0.4, 0.5) is 0 Å². The van der Waals surface area contributed by atoms with E-state index in [4.69, 9.17) is 13.9 Å². The van der Waals surface area contributed by atoms with Gasteiger partial charge in [-0.25, -0.2) is 0 Å². The summed E-state index contributed by atoms with van der Waals surface area (Å²) >= 11 is 0. The Balaban J connectivity index is 2.44. The van der Waals surface area contributed by atoms with Crippen molar-refractivity contribution in [3.05, 3.63) is 0 Å². The average Bonchev–Trinajstić information content (AvgIpc) is 2.21. The molecule has 1 N–H and O–H groups in total. The van der Waals surface area contributed by atoms with Crippen molar-refractivity contribution in [2.45, 2.75) is 77.2 Å². The summed E-state index contributed by atoms with van der Waals surface area (Å²) in [5, 5.41) is 10.1. The smallest absolute Gasteiger partial charge is 0.191 e. The Hall–Kier alpha value is 0.0569. The highest BCUT2D eigenvalue weighted by Crippen LogP contribution is 2.36. The molecular weight excluding hydrogens is 260 g/mol. The zero-order chi connectivity index (χ0) is 14.9. The van der Waals surface area contributed by atoms with Crippen LogP contribution in [0.3, 0.4) is 0 Å². The van der Waals surface area contributed by atoms with E-state index in [9.17, 15) is 5.11 Å². The van der Waals surface area contributed by atoms with Crippen LogP contribution in [-0.4, -0.2) is 44.6 Å². The molecule has 19 heavy (non-hydrogen) atoms. The first-order valence-electron chi connectivity index (χ1n) is 7.08. The van der Waals surface area contributed by atoms with Crippen molar-refractivity contribution >= 4 is 8.32 Å². The van der Waals surface area contributed by atoms with Gasteiger partial charge in [0, 0.05) is 6.61 Å². The largest absolute Gasteiger partial charge is 0.417 e. The van der Waals surface area contributed by atoms with Crippen molar-refractivity contribution in [1.29, 1.82) is 0 Å². The lowest BCUT2D eigenvalue weighted by atomic mass is 10.1. The van der Waals surface area contributed by atoms with Crippen LogP contribution in [0.2, 0.25) is 18.1 Å². The maximum Gasteiger partial charge on any atom is 0.191 e. The van der Waals surface area contributed by atoms with E-state index in [2.05, 4.69) is 33.9 Å². The number of rotatable bonds is 4. The van der Waals surface area contributed by atoms with Crippen molar-refractivity contribution in [2.24, 2.45) is 0 Å². The fourth-order valence-corrected chi connectivity index (χ4v) is 2.83. The Morgan fingerprint density at radius 2 is 1.89 bits per heavy atom. The third kappa shape index (κ3) is 4.83. The van der Waals surface area contributed by atoms with E-state index in [1.165, 1.54) is 0 Å². The molecule has 0 aromatic rings. The Morgan fingerprint density at radius 3 is 2.42 bits per heavy atom. The van der Waals surface area contributed by atoms with Crippen molar-refractivity contribution in [1.82, 2.24) is 0 Å². The van der Waals surface area contributed by atoms with Gasteiger partial charge in [-0.3, -0.25) is 0 Å². The van der Waals surface area contributed by atoms with E-state index in [1.807, 2.05) is 13.8 Å². The number of hydrogen-bond acceptors (Lipinski definition) is 4.